The molecule has 1 aliphatic heterocycles. The molecule has 0 aromatic heterocycles. The van der Waals surface area contributed by atoms with Crippen LogP contribution in [0.4, 0.5) is 0 Å². The minimum absolute atomic E-state index is 0.337. The number of epoxide rings is 1. The molecule has 37 heavy (non-hydrogen) atoms. The van der Waals surface area contributed by atoms with Crippen molar-refractivity contribution in [2.75, 3.05) is 6.61 Å². The summed E-state index contributed by atoms with van der Waals surface area (Å²) in [6, 6.07) is 0. The lowest BCUT2D eigenvalue weighted by Gasteiger charge is -2.47. The highest BCUT2D eigenvalue weighted by atomic mass is 16.6. The predicted octanol–water partition coefficient (Wildman–Crippen LogP) is 2.72. The first kappa shape index (κ1) is 29.3. The van der Waals surface area contributed by atoms with Crippen LogP contribution in [0.1, 0.15) is 61.3 Å². The van der Waals surface area contributed by atoms with Crippen LogP contribution in [0.5, 0.6) is 0 Å². The van der Waals surface area contributed by atoms with E-state index in [0.29, 0.717) is 25.0 Å². The highest BCUT2D eigenvalue weighted by molar-refractivity contribution is 5.83. The van der Waals surface area contributed by atoms with Crippen LogP contribution in [0.3, 0.4) is 0 Å². The Hall–Kier alpha value is -2.23. The lowest BCUT2D eigenvalue weighted by atomic mass is 9.61. The number of fused-ring (bicyclic) bond motifs is 1. The predicted molar refractivity (Wildman–Crippen MR) is 134 cm³/mol. The van der Waals surface area contributed by atoms with Gasteiger partial charge in [-0.05, 0) is 45.1 Å². The molecule has 2 saturated carbocycles. The van der Waals surface area contributed by atoms with Gasteiger partial charge >= 0.3 is 17.9 Å². The first-order valence-electron chi connectivity index (χ1n) is 13.2. The fourth-order valence-corrected chi connectivity index (χ4v) is 6.04. The van der Waals surface area contributed by atoms with E-state index in [1.165, 1.54) is 13.0 Å². The second-order valence-electron chi connectivity index (χ2n) is 11.1. The second kappa shape index (κ2) is 11.3. The van der Waals surface area contributed by atoms with Crippen LogP contribution < -0.4 is 0 Å². The van der Waals surface area contributed by atoms with Crippen molar-refractivity contribution in [2.24, 2.45) is 29.6 Å². The van der Waals surface area contributed by atoms with E-state index in [-0.39, 0.29) is 0 Å². The first-order chi connectivity index (χ1) is 17.3. The van der Waals surface area contributed by atoms with Crippen molar-refractivity contribution >= 4 is 17.9 Å². The Morgan fingerprint density at radius 3 is 2.30 bits per heavy atom. The lowest BCUT2D eigenvalue weighted by Crippen LogP contribution is -2.56. The smallest absolute Gasteiger partial charge is 0.331 e. The van der Waals surface area contributed by atoms with Gasteiger partial charge in [-0.25, -0.2) is 4.79 Å². The van der Waals surface area contributed by atoms with Crippen LogP contribution in [0.2, 0.25) is 0 Å². The second-order valence-corrected chi connectivity index (χ2v) is 11.1. The Kier molecular flexibility index (Phi) is 8.92. The van der Waals surface area contributed by atoms with Crippen molar-refractivity contribution in [2.45, 2.75) is 97.4 Å². The summed E-state index contributed by atoms with van der Waals surface area (Å²) < 4.78 is 22.9. The Balaban J connectivity index is 2.05. The molecule has 3 rings (SSSR count). The molecule has 11 atom stereocenters. The Morgan fingerprint density at radius 1 is 1.16 bits per heavy atom. The van der Waals surface area contributed by atoms with Crippen LogP contribution in [0, 0.1) is 29.6 Å². The molecule has 0 radical (unpaired) electrons. The van der Waals surface area contributed by atoms with E-state index in [1.54, 1.807) is 13.8 Å². The summed E-state index contributed by atoms with van der Waals surface area (Å²) in [5.74, 6) is -4.45. The average Bonchev–Trinajstić information content (AvgIpc) is 3.50. The fourth-order valence-electron chi connectivity index (χ4n) is 6.04. The van der Waals surface area contributed by atoms with Crippen LogP contribution in [-0.4, -0.2) is 70.8 Å². The third kappa shape index (κ3) is 5.78. The van der Waals surface area contributed by atoms with Gasteiger partial charge in [0.25, 0.3) is 0 Å². The van der Waals surface area contributed by atoms with Gasteiger partial charge in [-0.3, -0.25) is 9.59 Å². The molecule has 1 heterocycles. The van der Waals surface area contributed by atoms with Crippen molar-refractivity contribution in [1.82, 2.24) is 0 Å². The molecule has 0 aromatic rings. The van der Waals surface area contributed by atoms with Crippen molar-refractivity contribution in [3.05, 3.63) is 23.8 Å². The number of hydrogen-bond donors (Lipinski definition) is 2. The first-order valence-corrected chi connectivity index (χ1v) is 13.2. The fraction of sp³-hybridized carbons (Fsp3) is 0.750. The Labute approximate surface area is 219 Å². The molecule has 3 aliphatic rings. The van der Waals surface area contributed by atoms with Gasteiger partial charge in [-0.1, -0.05) is 32.9 Å². The molecule has 1 saturated heterocycles. The van der Waals surface area contributed by atoms with Crippen molar-refractivity contribution in [1.29, 1.82) is 0 Å². The van der Waals surface area contributed by atoms with E-state index >= 15 is 0 Å². The van der Waals surface area contributed by atoms with Gasteiger partial charge in [0, 0.05) is 30.8 Å². The Bertz CT molecular complexity index is 936. The number of carbonyl (C=O) groups is 3. The molecule has 2 aliphatic carbocycles. The minimum atomic E-state index is -1.21. The van der Waals surface area contributed by atoms with Gasteiger partial charge in [0.2, 0.25) is 0 Å². The highest BCUT2D eigenvalue weighted by Gasteiger charge is 2.68. The molecule has 0 bridgehead atoms. The zero-order valence-corrected chi connectivity index (χ0v) is 22.9. The molecule has 0 unspecified atom stereocenters. The summed E-state index contributed by atoms with van der Waals surface area (Å²) in [5.41, 5.74) is 0.399. The summed E-state index contributed by atoms with van der Waals surface area (Å²) in [7, 11) is 0. The lowest BCUT2D eigenvalue weighted by molar-refractivity contribution is -0.170. The van der Waals surface area contributed by atoms with Gasteiger partial charge in [-0.15, -0.1) is 0 Å². The monoisotopic (exact) mass is 522 g/mol. The van der Waals surface area contributed by atoms with Crippen molar-refractivity contribution in [3.63, 3.8) is 0 Å². The van der Waals surface area contributed by atoms with Crippen LogP contribution in [0.25, 0.3) is 0 Å². The number of rotatable bonds is 9. The summed E-state index contributed by atoms with van der Waals surface area (Å²) in [5, 5.41) is 23.2. The van der Waals surface area contributed by atoms with Crippen LogP contribution in [0.15, 0.2) is 23.8 Å². The molecule has 2 N–H and O–H groups in total. The van der Waals surface area contributed by atoms with Gasteiger partial charge in [0.1, 0.15) is 24.4 Å². The number of carbonyl (C=O) groups excluding carboxylic acids is 3. The third-order valence-corrected chi connectivity index (χ3v) is 8.46. The van der Waals surface area contributed by atoms with Crippen molar-refractivity contribution in [3.8, 4) is 0 Å². The molecule has 3 fully saturated rings. The van der Waals surface area contributed by atoms with Crippen LogP contribution in [-0.2, 0) is 33.3 Å². The zero-order valence-electron chi connectivity index (χ0n) is 22.9. The van der Waals surface area contributed by atoms with Crippen molar-refractivity contribution < 1.29 is 43.5 Å². The maximum atomic E-state index is 12.8. The molecule has 0 spiro atoms. The summed E-state index contributed by atoms with van der Waals surface area (Å²) in [6.07, 6.45) is -2.65. The zero-order chi connectivity index (χ0) is 27.8. The molecule has 0 aromatic carbocycles. The largest absolute Gasteiger partial charge is 0.462 e. The maximum absolute atomic E-state index is 12.8. The third-order valence-electron chi connectivity index (χ3n) is 8.46. The summed E-state index contributed by atoms with van der Waals surface area (Å²) in [4.78, 5) is 37.4. The Morgan fingerprint density at radius 2 is 1.78 bits per heavy atom. The van der Waals surface area contributed by atoms with Crippen LogP contribution >= 0.6 is 0 Å². The molecule has 9 nitrogen and oxygen atoms in total. The topological polar surface area (TPSA) is 132 Å². The molecule has 9 heteroatoms. The molecular formula is C28H42O9. The number of ether oxygens (including phenoxy) is 4. The van der Waals surface area contributed by atoms with Gasteiger partial charge in [-0.2, -0.15) is 0 Å². The quantitative estimate of drug-likeness (QED) is 0.154. The maximum Gasteiger partial charge on any atom is 0.331 e. The summed E-state index contributed by atoms with van der Waals surface area (Å²) >= 11 is 0. The molecular weight excluding hydrogens is 480 g/mol. The van der Waals surface area contributed by atoms with E-state index in [4.69, 9.17) is 18.9 Å². The number of allylic oxidation sites excluding steroid dienone is 1. The highest BCUT2D eigenvalue weighted by Crippen LogP contribution is 2.59. The molecule has 0 amide bonds. The van der Waals surface area contributed by atoms with Gasteiger partial charge < -0.3 is 29.2 Å². The standard InChI is InChI=1S/C28H42O9/c1-9-13(3)11-18(30)36-25-15(5)19-21(22(24(25)32)28(8)12-34-28)20(16(6)35-17(7)29)26(23(19)31)37-27(33)14(4)10-2/h11,14,16,19-26,31-32H,5,9-10,12H2,1-4,6-8H3/t14-,16-,19+,20-,21+,22+,23+,24-,25+,26-,28-/m1/s1. The summed E-state index contributed by atoms with van der Waals surface area (Å²) in [6.45, 7) is 16.7. The number of esters is 3. The normalized spacial score (nSPS) is 38.8. The van der Waals surface area contributed by atoms with Gasteiger partial charge in [0.05, 0.1) is 24.2 Å². The van der Waals surface area contributed by atoms with E-state index < -0.39 is 83.6 Å². The number of hydrogen-bond acceptors (Lipinski definition) is 9. The van der Waals surface area contributed by atoms with E-state index in [9.17, 15) is 24.6 Å². The van der Waals surface area contributed by atoms with E-state index in [1.807, 2.05) is 27.7 Å². The number of aliphatic hydroxyl groups is 2. The van der Waals surface area contributed by atoms with Gasteiger partial charge in [0.15, 0.2) is 0 Å². The van der Waals surface area contributed by atoms with E-state index in [2.05, 4.69) is 6.58 Å². The minimum Gasteiger partial charge on any atom is -0.462 e. The average molecular weight is 523 g/mol. The number of aliphatic hydroxyl groups excluding tert-OH is 2. The van der Waals surface area contributed by atoms with E-state index in [0.717, 1.165) is 5.57 Å². The molecule has 208 valence electrons. The SMILES string of the molecule is C=C1[C@@H]2[C@H](O)[C@H](OC(=O)[C@H](C)CC)[C@H]([C@@H](C)OC(C)=O)[C@H]2[C@H]([C@@]2(C)CO2)[C@@H](O)[C@H]1OC(=O)C=C(C)CC.